The van der Waals surface area contributed by atoms with E-state index in [4.69, 9.17) is 11.6 Å². The van der Waals surface area contributed by atoms with Crippen LogP contribution in [0.15, 0.2) is 24.3 Å². The molecule has 0 aliphatic carbocycles. The number of amides is 1. The monoisotopic (exact) mass is 254 g/mol. The Hall–Kier alpha value is -1.10. The maximum atomic E-state index is 11.9. The van der Waals surface area contributed by atoms with Gasteiger partial charge in [0.2, 0.25) is 0 Å². The number of hydrogen-bond donors (Lipinski definition) is 2. The first-order valence-electron chi connectivity index (χ1n) is 5.75. The summed E-state index contributed by atoms with van der Waals surface area (Å²) in [6.45, 7) is 3.88. The van der Waals surface area contributed by atoms with Gasteiger partial charge >= 0.3 is 0 Å². The van der Waals surface area contributed by atoms with Gasteiger partial charge in [0, 0.05) is 23.7 Å². The molecule has 17 heavy (non-hydrogen) atoms. The molecule has 1 amide bonds. The first kappa shape index (κ1) is 12.4. The Morgan fingerprint density at radius 1 is 1.41 bits per heavy atom. The average Bonchev–Trinajstić information content (AvgIpc) is 2.32. The van der Waals surface area contributed by atoms with Crippen molar-refractivity contribution in [2.24, 2.45) is 0 Å². The SMILES string of the molecule is CN1CC[NH+](NC(=O)c2cccc(Cl)c2)CC1. The van der Waals surface area contributed by atoms with Crippen LogP contribution in [0.1, 0.15) is 10.4 Å². The summed E-state index contributed by atoms with van der Waals surface area (Å²) in [5.41, 5.74) is 3.59. The predicted molar refractivity (Wildman–Crippen MR) is 67.1 cm³/mol. The normalized spacial score (nSPS) is 18.0. The highest BCUT2D eigenvalue weighted by Crippen LogP contribution is 2.09. The second-order valence-electron chi connectivity index (χ2n) is 4.37. The fourth-order valence-corrected chi connectivity index (χ4v) is 2.07. The maximum Gasteiger partial charge on any atom is 0.295 e. The molecule has 1 fully saturated rings. The van der Waals surface area contributed by atoms with Crippen molar-refractivity contribution < 1.29 is 9.80 Å². The van der Waals surface area contributed by atoms with Gasteiger partial charge in [-0.05, 0) is 25.2 Å². The van der Waals surface area contributed by atoms with Crippen molar-refractivity contribution in [3.05, 3.63) is 34.9 Å². The van der Waals surface area contributed by atoms with Gasteiger partial charge in [-0.25, -0.2) is 5.01 Å². The van der Waals surface area contributed by atoms with E-state index < -0.39 is 0 Å². The topological polar surface area (TPSA) is 36.8 Å². The summed E-state index contributed by atoms with van der Waals surface area (Å²) < 4.78 is 0. The number of nitrogens with zero attached hydrogens (tertiary/aromatic N) is 1. The third-order valence-corrected chi connectivity index (χ3v) is 3.20. The van der Waals surface area contributed by atoms with Crippen molar-refractivity contribution >= 4 is 17.5 Å². The summed E-state index contributed by atoms with van der Waals surface area (Å²) in [6.07, 6.45) is 0. The molecule has 1 aliphatic heterocycles. The van der Waals surface area contributed by atoms with Crippen molar-refractivity contribution in [2.45, 2.75) is 0 Å². The molecule has 1 aromatic carbocycles. The minimum absolute atomic E-state index is 0.0629. The van der Waals surface area contributed by atoms with Crippen molar-refractivity contribution in [3.63, 3.8) is 0 Å². The molecule has 0 radical (unpaired) electrons. The quantitative estimate of drug-likeness (QED) is 0.768. The van der Waals surface area contributed by atoms with E-state index in [9.17, 15) is 4.79 Å². The number of quaternary nitrogens is 1. The Balaban J connectivity index is 1.93. The van der Waals surface area contributed by atoms with E-state index in [1.807, 2.05) is 0 Å². The number of rotatable bonds is 2. The molecular formula is C12H17ClN3O+. The molecule has 1 heterocycles. The zero-order valence-corrected chi connectivity index (χ0v) is 10.6. The van der Waals surface area contributed by atoms with Gasteiger partial charge in [0.15, 0.2) is 0 Å². The molecule has 1 aliphatic rings. The van der Waals surface area contributed by atoms with Crippen molar-refractivity contribution in [1.29, 1.82) is 0 Å². The van der Waals surface area contributed by atoms with Crippen molar-refractivity contribution in [3.8, 4) is 0 Å². The highest BCUT2D eigenvalue weighted by atomic mass is 35.5. The van der Waals surface area contributed by atoms with E-state index in [0.29, 0.717) is 10.6 Å². The number of hydrogen-bond acceptors (Lipinski definition) is 2. The summed E-state index contributed by atoms with van der Waals surface area (Å²) in [5.74, 6) is -0.0629. The molecule has 4 nitrogen and oxygen atoms in total. The van der Waals surface area contributed by atoms with Crippen LogP contribution in [0, 0.1) is 0 Å². The fourth-order valence-electron chi connectivity index (χ4n) is 1.88. The van der Waals surface area contributed by atoms with Gasteiger partial charge in [-0.15, -0.1) is 0 Å². The molecule has 0 saturated carbocycles. The van der Waals surface area contributed by atoms with Crippen molar-refractivity contribution in [2.75, 3.05) is 33.2 Å². The van der Waals surface area contributed by atoms with Gasteiger partial charge in [0.05, 0.1) is 0 Å². The van der Waals surface area contributed by atoms with Crippen LogP contribution in [0.5, 0.6) is 0 Å². The largest absolute Gasteiger partial charge is 0.295 e. The standard InChI is InChI=1S/C12H16ClN3O/c1-15-5-7-16(8-6-15)14-12(17)10-3-2-4-11(13)9-10/h2-4,9H,5-8H2,1H3,(H,14,17)/p+1. The maximum absolute atomic E-state index is 11.9. The Kier molecular flexibility index (Phi) is 3.99. The van der Waals surface area contributed by atoms with Gasteiger partial charge in [0.1, 0.15) is 13.1 Å². The second kappa shape index (κ2) is 5.49. The lowest BCUT2D eigenvalue weighted by Gasteiger charge is -2.28. The lowest BCUT2D eigenvalue weighted by atomic mass is 10.2. The molecule has 0 spiro atoms. The Morgan fingerprint density at radius 3 is 2.76 bits per heavy atom. The molecule has 2 rings (SSSR count). The van der Waals surface area contributed by atoms with Crippen LogP contribution < -0.4 is 10.4 Å². The Morgan fingerprint density at radius 2 is 2.12 bits per heavy atom. The van der Waals surface area contributed by atoms with Gasteiger partial charge in [-0.2, -0.15) is 5.43 Å². The summed E-state index contributed by atoms with van der Waals surface area (Å²) in [7, 11) is 2.09. The van der Waals surface area contributed by atoms with Gasteiger partial charge in [-0.3, -0.25) is 9.69 Å². The van der Waals surface area contributed by atoms with Crippen LogP contribution in [-0.4, -0.2) is 44.0 Å². The lowest BCUT2D eigenvalue weighted by Crippen LogP contribution is -3.21. The highest BCUT2D eigenvalue weighted by Gasteiger charge is 2.19. The van der Waals surface area contributed by atoms with Crippen molar-refractivity contribution in [1.82, 2.24) is 10.3 Å². The first-order chi connectivity index (χ1) is 8.15. The van der Waals surface area contributed by atoms with Crippen LogP contribution in [0.4, 0.5) is 0 Å². The fraction of sp³-hybridized carbons (Fsp3) is 0.417. The number of carbonyl (C=O) groups is 1. The van der Waals surface area contributed by atoms with E-state index in [1.54, 1.807) is 24.3 Å². The third kappa shape index (κ3) is 3.43. The van der Waals surface area contributed by atoms with Crippen LogP contribution in [-0.2, 0) is 0 Å². The van der Waals surface area contributed by atoms with Crippen LogP contribution >= 0.6 is 11.6 Å². The molecule has 1 saturated heterocycles. The van der Waals surface area contributed by atoms with E-state index in [2.05, 4.69) is 17.4 Å². The van der Waals surface area contributed by atoms with Crippen LogP contribution in [0.25, 0.3) is 0 Å². The van der Waals surface area contributed by atoms with Gasteiger partial charge in [-0.1, -0.05) is 17.7 Å². The molecular weight excluding hydrogens is 238 g/mol. The van der Waals surface area contributed by atoms with E-state index in [-0.39, 0.29) is 5.91 Å². The number of piperazine rings is 1. The molecule has 5 heteroatoms. The smallest absolute Gasteiger partial charge is 0.295 e. The number of likely N-dealkylation sites (N-methyl/N-ethyl adjacent to an activating group) is 1. The zero-order valence-electron chi connectivity index (χ0n) is 9.87. The minimum atomic E-state index is -0.0629. The first-order valence-corrected chi connectivity index (χ1v) is 6.13. The summed E-state index contributed by atoms with van der Waals surface area (Å²) in [5, 5.41) is 1.71. The van der Waals surface area contributed by atoms with Gasteiger partial charge < -0.3 is 0 Å². The Bertz CT molecular complexity index is 402. The average molecular weight is 255 g/mol. The minimum Gasteiger partial charge on any atom is -0.295 e. The van der Waals surface area contributed by atoms with E-state index in [0.717, 1.165) is 31.2 Å². The molecule has 0 aromatic heterocycles. The van der Waals surface area contributed by atoms with Crippen LogP contribution in [0.3, 0.4) is 0 Å². The third-order valence-electron chi connectivity index (χ3n) is 2.97. The Labute approximate surface area is 106 Å². The summed E-state index contributed by atoms with van der Waals surface area (Å²) in [4.78, 5) is 14.2. The predicted octanol–water partition coefficient (Wildman–Crippen LogP) is -0.185. The number of nitrogens with one attached hydrogen (secondary N) is 2. The molecule has 0 bridgehead atoms. The molecule has 1 aromatic rings. The molecule has 0 unspecified atom stereocenters. The zero-order chi connectivity index (χ0) is 12.3. The number of carbonyl (C=O) groups excluding carboxylic acids is 1. The molecule has 0 atom stereocenters. The second-order valence-corrected chi connectivity index (χ2v) is 4.81. The van der Waals surface area contributed by atoms with Gasteiger partial charge in [0.25, 0.3) is 5.91 Å². The lowest BCUT2D eigenvalue weighted by molar-refractivity contribution is -0.939. The highest BCUT2D eigenvalue weighted by molar-refractivity contribution is 6.30. The summed E-state index contributed by atoms with van der Waals surface area (Å²) in [6, 6.07) is 7.01. The number of benzene rings is 1. The van der Waals surface area contributed by atoms with E-state index in [1.165, 1.54) is 0 Å². The van der Waals surface area contributed by atoms with Crippen LogP contribution in [0.2, 0.25) is 5.02 Å². The number of halogens is 1. The van der Waals surface area contributed by atoms with E-state index >= 15 is 0 Å². The molecule has 92 valence electrons. The summed E-state index contributed by atoms with van der Waals surface area (Å²) >= 11 is 5.86. The molecule has 2 N–H and O–H groups in total.